The number of nitrogens with one attached hydrogen (secondary N) is 1. The highest BCUT2D eigenvalue weighted by molar-refractivity contribution is 6.01. The van der Waals surface area contributed by atoms with Crippen molar-refractivity contribution in [3.63, 3.8) is 0 Å². The van der Waals surface area contributed by atoms with E-state index in [4.69, 9.17) is 0 Å². The number of benzene rings is 2. The van der Waals surface area contributed by atoms with Gasteiger partial charge in [-0.1, -0.05) is 36.4 Å². The lowest BCUT2D eigenvalue weighted by Crippen LogP contribution is -2.20. The standard InChI is InChI=1S/C23H23N5O2/c1-15(20-16(2)25-27(22(20)29)18-11-7-5-8-12-18)24-21-17(3)26(4)28(23(21)30)19-13-9-6-10-14-19/h5-14,25H,1-4H3. The van der Waals surface area contributed by atoms with E-state index in [0.29, 0.717) is 22.7 Å². The number of hydrogen-bond acceptors (Lipinski definition) is 3. The van der Waals surface area contributed by atoms with Crippen molar-refractivity contribution < 1.29 is 0 Å². The Bertz CT molecular complexity index is 1350. The van der Waals surface area contributed by atoms with Gasteiger partial charge in [-0.2, -0.15) is 0 Å². The third-order valence-corrected chi connectivity index (χ3v) is 5.25. The van der Waals surface area contributed by atoms with Crippen molar-refractivity contribution in [1.29, 1.82) is 0 Å². The summed E-state index contributed by atoms with van der Waals surface area (Å²) in [6.07, 6.45) is 0. The van der Waals surface area contributed by atoms with Crippen LogP contribution in [0.2, 0.25) is 0 Å². The van der Waals surface area contributed by atoms with Gasteiger partial charge in [0.1, 0.15) is 0 Å². The van der Waals surface area contributed by atoms with Gasteiger partial charge in [-0.15, -0.1) is 0 Å². The Hall–Kier alpha value is -3.87. The molecule has 0 fully saturated rings. The Morgan fingerprint density at radius 1 is 0.867 bits per heavy atom. The van der Waals surface area contributed by atoms with E-state index in [0.717, 1.165) is 17.1 Å². The van der Waals surface area contributed by atoms with Gasteiger partial charge >= 0.3 is 0 Å². The lowest BCUT2D eigenvalue weighted by molar-refractivity contribution is 0.630. The van der Waals surface area contributed by atoms with Gasteiger partial charge in [-0.05, 0) is 45.0 Å². The molecular formula is C23H23N5O2. The average molecular weight is 401 g/mol. The molecule has 2 aromatic carbocycles. The van der Waals surface area contributed by atoms with Crippen LogP contribution in [0.1, 0.15) is 23.9 Å². The van der Waals surface area contributed by atoms with Gasteiger partial charge in [0, 0.05) is 12.7 Å². The second kappa shape index (κ2) is 7.51. The number of para-hydroxylation sites is 2. The zero-order valence-electron chi connectivity index (χ0n) is 17.4. The third kappa shape index (κ3) is 3.14. The number of aromatic amines is 1. The Kier molecular flexibility index (Phi) is 4.87. The molecule has 2 heterocycles. The number of aliphatic imine (C=N–C) groups is 1. The van der Waals surface area contributed by atoms with Crippen molar-refractivity contribution in [3.8, 4) is 11.4 Å². The third-order valence-electron chi connectivity index (χ3n) is 5.25. The van der Waals surface area contributed by atoms with E-state index in [1.165, 1.54) is 4.68 Å². The second-order valence-electron chi connectivity index (χ2n) is 7.20. The second-order valence-corrected chi connectivity index (χ2v) is 7.20. The summed E-state index contributed by atoms with van der Waals surface area (Å²) in [5.74, 6) is 0. The Morgan fingerprint density at radius 2 is 1.43 bits per heavy atom. The van der Waals surface area contributed by atoms with Crippen LogP contribution >= 0.6 is 0 Å². The molecule has 0 bridgehead atoms. The molecule has 7 nitrogen and oxygen atoms in total. The fourth-order valence-corrected chi connectivity index (χ4v) is 3.64. The van der Waals surface area contributed by atoms with Crippen LogP contribution in [0.15, 0.2) is 75.2 Å². The fraction of sp³-hybridized carbons (Fsp3) is 0.174. The Morgan fingerprint density at radius 3 is 2.03 bits per heavy atom. The minimum Gasteiger partial charge on any atom is -0.295 e. The molecule has 4 rings (SSSR count). The summed E-state index contributed by atoms with van der Waals surface area (Å²) in [4.78, 5) is 30.8. The summed E-state index contributed by atoms with van der Waals surface area (Å²) in [6.45, 7) is 5.43. The summed E-state index contributed by atoms with van der Waals surface area (Å²) in [7, 11) is 1.82. The minimum atomic E-state index is -0.225. The lowest BCUT2D eigenvalue weighted by Gasteiger charge is -2.07. The smallest absolute Gasteiger partial charge is 0.295 e. The normalized spacial score (nSPS) is 11.8. The quantitative estimate of drug-likeness (QED) is 0.532. The van der Waals surface area contributed by atoms with Crippen molar-refractivity contribution in [2.24, 2.45) is 12.0 Å². The van der Waals surface area contributed by atoms with Crippen molar-refractivity contribution in [1.82, 2.24) is 19.1 Å². The predicted molar refractivity (Wildman–Crippen MR) is 119 cm³/mol. The van der Waals surface area contributed by atoms with E-state index in [1.54, 1.807) is 16.3 Å². The van der Waals surface area contributed by atoms with Crippen LogP contribution in [0.5, 0.6) is 0 Å². The van der Waals surface area contributed by atoms with Crippen molar-refractivity contribution >= 4 is 11.4 Å². The number of nitrogens with zero attached hydrogens (tertiary/aromatic N) is 4. The first-order valence-corrected chi connectivity index (χ1v) is 9.67. The molecule has 2 aromatic heterocycles. The maximum absolute atomic E-state index is 13.1. The van der Waals surface area contributed by atoms with Gasteiger partial charge in [-0.25, -0.2) is 14.4 Å². The zero-order chi connectivity index (χ0) is 21.4. The molecule has 0 aliphatic carbocycles. The topological polar surface area (TPSA) is 77.1 Å². The zero-order valence-corrected chi connectivity index (χ0v) is 17.4. The van der Waals surface area contributed by atoms with Gasteiger partial charge in [0.2, 0.25) is 0 Å². The van der Waals surface area contributed by atoms with Crippen LogP contribution in [0.25, 0.3) is 11.4 Å². The Balaban J connectivity index is 1.84. The SMILES string of the molecule is CC(=Nc1c(C)n(C)n(-c2ccccc2)c1=O)c1c(C)[nH]n(-c2ccccc2)c1=O. The molecular weight excluding hydrogens is 378 g/mol. The summed E-state index contributed by atoms with van der Waals surface area (Å²) in [5, 5.41) is 3.10. The van der Waals surface area contributed by atoms with E-state index in [-0.39, 0.29) is 11.1 Å². The monoisotopic (exact) mass is 401 g/mol. The molecule has 0 aliphatic heterocycles. The van der Waals surface area contributed by atoms with Crippen molar-refractivity contribution in [3.05, 3.63) is 98.3 Å². The summed E-state index contributed by atoms with van der Waals surface area (Å²) in [5.41, 5.74) is 3.78. The first kappa shape index (κ1) is 19.4. The number of H-pyrrole nitrogens is 1. The highest BCUT2D eigenvalue weighted by Gasteiger charge is 2.19. The first-order chi connectivity index (χ1) is 14.4. The average Bonchev–Trinajstić information content (AvgIpc) is 3.16. The van der Waals surface area contributed by atoms with Crippen molar-refractivity contribution in [2.75, 3.05) is 0 Å². The van der Waals surface area contributed by atoms with Gasteiger partial charge in [0.25, 0.3) is 11.1 Å². The molecule has 0 amide bonds. The molecule has 30 heavy (non-hydrogen) atoms. The van der Waals surface area contributed by atoms with Gasteiger partial charge < -0.3 is 0 Å². The maximum Gasteiger partial charge on any atom is 0.297 e. The molecule has 0 atom stereocenters. The molecule has 0 radical (unpaired) electrons. The van der Waals surface area contributed by atoms with Crippen LogP contribution in [-0.2, 0) is 7.05 Å². The van der Waals surface area contributed by atoms with E-state index in [2.05, 4.69) is 10.1 Å². The number of rotatable bonds is 4. The highest BCUT2D eigenvalue weighted by Crippen LogP contribution is 2.18. The Labute approximate surface area is 173 Å². The summed E-state index contributed by atoms with van der Waals surface area (Å²) in [6, 6.07) is 18.8. The van der Waals surface area contributed by atoms with Crippen molar-refractivity contribution in [2.45, 2.75) is 20.8 Å². The molecule has 0 spiro atoms. The summed E-state index contributed by atoms with van der Waals surface area (Å²) < 4.78 is 4.84. The highest BCUT2D eigenvalue weighted by atomic mass is 16.1. The minimum absolute atomic E-state index is 0.197. The molecule has 7 heteroatoms. The van der Waals surface area contributed by atoms with Crippen LogP contribution < -0.4 is 11.1 Å². The summed E-state index contributed by atoms with van der Waals surface area (Å²) >= 11 is 0. The van der Waals surface area contributed by atoms with E-state index in [9.17, 15) is 9.59 Å². The number of aromatic nitrogens is 4. The van der Waals surface area contributed by atoms with E-state index < -0.39 is 0 Å². The molecule has 1 N–H and O–H groups in total. The van der Waals surface area contributed by atoms with Crippen LogP contribution in [-0.4, -0.2) is 24.9 Å². The van der Waals surface area contributed by atoms with Crippen LogP contribution in [0.4, 0.5) is 5.69 Å². The van der Waals surface area contributed by atoms with Gasteiger partial charge in [-0.3, -0.25) is 19.4 Å². The molecule has 4 aromatic rings. The molecule has 152 valence electrons. The van der Waals surface area contributed by atoms with Crippen LogP contribution in [0, 0.1) is 13.8 Å². The predicted octanol–water partition coefficient (Wildman–Crippen LogP) is 3.41. The number of aryl methyl sites for hydroxylation is 1. The van der Waals surface area contributed by atoms with Crippen LogP contribution in [0.3, 0.4) is 0 Å². The maximum atomic E-state index is 13.1. The van der Waals surface area contributed by atoms with Gasteiger partial charge in [0.15, 0.2) is 5.69 Å². The molecule has 0 aliphatic rings. The number of hydrogen-bond donors (Lipinski definition) is 1. The molecule has 0 unspecified atom stereocenters. The van der Waals surface area contributed by atoms with E-state index in [1.807, 2.05) is 81.6 Å². The molecule has 0 saturated carbocycles. The first-order valence-electron chi connectivity index (χ1n) is 9.67. The largest absolute Gasteiger partial charge is 0.297 e. The molecule has 0 saturated heterocycles. The van der Waals surface area contributed by atoms with Gasteiger partial charge in [0.05, 0.1) is 28.3 Å². The fourth-order valence-electron chi connectivity index (χ4n) is 3.64. The van der Waals surface area contributed by atoms with E-state index >= 15 is 0 Å². The lowest BCUT2D eigenvalue weighted by atomic mass is 10.2.